The van der Waals surface area contributed by atoms with Gasteiger partial charge in [-0.2, -0.15) is 0 Å². The summed E-state index contributed by atoms with van der Waals surface area (Å²) in [5.41, 5.74) is 1.15. The third-order valence-electron chi connectivity index (χ3n) is 3.34. The second kappa shape index (κ2) is 6.07. The SMILES string of the molecule is CC(C)NCc1ccoc1CN1CCS(=O)(=O)CC1. The number of furan rings is 1. The first-order valence-electron chi connectivity index (χ1n) is 6.68. The van der Waals surface area contributed by atoms with Crippen molar-refractivity contribution in [2.24, 2.45) is 0 Å². The molecule has 0 aromatic carbocycles. The molecule has 1 aliphatic rings. The molecule has 19 heavy (non-hydrogen) atoms. The van der Waals surface area contributed by atoms with Crippen LogP contribution in [0.5, 0.6) is 0 Å². The molecule has 1 aromatic heterocycles. The lowest BCUT2D eigenvalue weighted by Crippen LogP contribution is -2.39. The van der Waals surface area contributed by atoms with Gasteiger partial charge in [0, 0.05) is 31.2 Å². The fourth-order valence-corrected chi connectivity index (χ4v) is 3.37. The van der Waals surface area contributed by atoms with Crippen molar-refractivity contribution in [1.82, 2.24) is 10.2 Å². The minimum Gasteiger partial charge on any atom is -0.468 e. The van der Waals surface area contributed by atoms with Gasteiger partial charge in [0.25, 0.3) is 0 Å². The maximum atomic E-state index is 11.4. The number of nitrogens with one attached hydrogen (secondary N) is 1. The lowest BCUT2D eigenvalue weighted by molar-refractivity contribution is 0.261. The molecule has 0 saturated carbocycles. The van der Waals surface area contributed by atoms with E-state index in [1.807, 2.05) is 6.07 Å². The predicted octanol–water partition coefficient (Wildman–Crippen LogP) is 1.01. The van der Waals surface area contributed by atoms with Crippen LogP contribution in [-0.4, -0.2) is 44.0 Å². The van der Waals surface area contributed by atoms with E-state index in [1.165, 1.54) is 0 Å². The first kappa shape index (κ1) is 14.6. The lowest BCUT2D eigenvalue weighted by Gasteiger charge is -2.25. The number of hydrogen-bond acceptors (Lipinski definition) is 5. The smallest absolute Gasteiger partial charge is 0.152 e. The summed E-state index contributed by atoms with van der Waals surface area (Å²) < 4.78 is 28.3. The minimum absolute atomic E-state index is 0.257. The van der Waals surface area contributed by atoms with E-state index >= 15 is 0 Å². The molecule has 0 radical (unpaired) electrons. The zero-order valence-electron chi connectivity index (χ0n) is 11.6. The highest BCUT2D eigenvalue weighted by Crippen LogP contribution is 2.15. The molecule has 1 N–H and O–H groups in total. The Morgan fingerprint density at radius 1 is 1.37 bits per heavy atom. The van der Waals surface area contributed by atoms with E-state index in [0.717, 1.165) is 17.9 Å². The van der Waals surface area contributed by atoms with Gasteiger partial charge in [-0.1, -0.05) is 13.8 Å². The monoisotopic (exact) mass is 286 g/mol. The molecule has 5 nitrogen and oxygen atoms in total. The molecule has 0 aliphatic carbocycles. The van der Waals surface area contributed by atoms with Crippen molar-refractivity contribution in [3.63, 3.8) is 0 Å². The summed E-state index contributed by atoms with van der Waals surface area (Å²) in [5, 5.41) is 3.36. The van der Waals surface area contributed by atoms with Gasteiger partial charge >= 0.3 is 0 Å². The van der Waals surface area contributed by atoms with E-state index in [-0.39, 0.29) is 11.5 Å². The normalized spacial score (nSPS) is 19.9. The average molecular weight is 286 g/mol. The highest BCUT2D eigenvalue weighted by atomic mass is 32.2. The van der Waals surface area contributed by atoms with Gasteiger partial charge in [-0.15, -0.1) is 0 Å². The van der Waals surface area contributed by atoms with Gasteiger partial charge in [0.05, 0.1) is 24.3 Å². The predicted molar refractivity (Wildman–Crippen MR) is 74.6 cm³/mol. The van der Waals surface area contributed by atoms with Crippen LogP contribution in [0.3, 0.4) is 0 Å². The molecule has 0 spiro atoms. The topological polar surface area (TPSA) is 62.6 Å². The maximum Gasteiger partial charge on any atom is 0.152 e. The standard InChI is InChI=1S/C13H22N2O3S/c1-11(2)14-9-12-3-6-18-13(12)10-15-4-7-19(16,17)8-5-15/h3,6,11,14H,4-5,7-10H2,1-2H3. The third-order valence-corrected chi connectivity index (χ3v) is 4.95. The summed E-state index contributed by atoms with van der Waals surface area (Å²) in [6, 6.07) is 2.41. The summed E-state index contributed by atoms with van der Waals surface area (Å²) in [6.45, 7) is 6.89. The van der Waals surface area contributed by atoms with Crippen LogP contribution in [0.2, 0.25) is 0 Å². The van der Waals surface area contributed by atoms with Crippen LogP contribution in [0, 0.1) is 0 Å². The molecule has 1 fully saturated rings. The summed E-state index contributed by atoms with van der Waals surface area (Å²) in [6.07, 6.45) is 1.70. The lowest BCUT2D eigenvalue weighted by atomic mass is 10.2. The Morgan fingerprint density at radius 3 is 2.68 bits per heavy atom. The molecule has 0 unspecified atom stereocenters. The van der Waals surface area contributed by atoms with Crippen molar-refractivity contribution in [3.05, 3.63) is 23.7 Å². The van der Waals surface area contributed by atoms with Gasteiger partial charge in [-0.05, 0) is 6.07 Å². The van der Waals surface area contributed by atoms with Gasteiger partial charge in [-0.3, -0.25) is 4.90 Å². The molecule has 1 aromatic rings. The highest BCUT2D eigenvalue weighted by molar-refractivity contribution is 7.91. The highest BCUT2D eigenvalue weighted by Gasteiger charge is 2.22. The Balaban J connectivity index is 1.91. The Hall–Kier alpha value is -0.850. The van der Waals surface area contributed by atoms with Gasteiger partial charge < -0.3 is 9.73 Å². The molecule has 1 aliphatic heterocycles. The van der Waals surface area contributed by atoms with Crippen molar-refractivity contribution in [1.29, 1.82) is 0 Å². The number of hydrogen-bond donors (Lipinski definition) is 1. The molecule has 0 amide bonds. The molecule has 0 atom stereocenters. The summed E-state index contributed by atoms with van der Waals surface area (Å²) in [5.74, 6) is 1.45. The van der Waals surface area contributed by atoms with Crippen LogP contribution in [0.15, 0.2) is 16.7 Å². The Kier molecular flexibility index (Phi) is 4.65. The van der Waals surface area contributed by atoms with Crippen molar-refractivity contribution in [2.45, 2.75) is 33.0 Å². The van der Waals surface area contributed by atoms with Gasteiger partial charge in [0.15, 0.2) is 9.84 Å². The van der Waals surface area contributed by atoms with E-state index < -0.39 is 9.84 Å². The average Bonchev–Trinajstić information content (AvgIpc) is 2.77. The fraction of sp³-hybridized carbons (Fsp3) is 0.692. The molecular formula is C13H22N2O3S. The molecule has 2 rings (SSSR count). The van der Waals surface area contributed by atoms with Crippen LogP contribution in [0.1, 0.15) is 25.2 Å². The van der Waals surface area contributed by atoms with E-state index in [9.17, 15) is 8.42 Å². The minimum atomic E-state index is -2.81. The molecular weight excluding hydrogens is 264 g/mol. The second-order valence-electron chi connectivity index (χ2n) is 5.33. The second-order valence-corrected chi connectivity index (χ2v) is 7.64. The number of rotatable bonds is 5. The summed E-state index contributed by atoms with van der Waals surface area (Å²) >= 11 is 0. The zero-order chi connectivity index (χ0) is 13.9. The molecule has 1 saturated heterocycles. The van der Waals surface area contributed by atoms with E-state index in [0.29, 0.717) is 25.7 Å². The van der Waals surface area contributed by atoms with Crippen LogP contribution >= 0.6 is 0 Å². The zero-order valence-corrected chi connectivity index (χ0v) is 12.4. The number of sulfone groups is 1. The van der Waals surface area contributed by atoms with Crippen molar-refractivity contribution in [3.8, 4) is 0 Å². The quantitative estimate of drug-likeness (QED) is 0.875. The first-order chi connectivity index (χ1) is 8.96. The molecule has 2 heterocycles. The van der Waals surface area contributed by atoms with Crippen LogP contribution in [0.4, 0.5) is 0 Å². The van der Waals surface area contributed by atoms with Crippen molar-refractivity contribution < 1.29 is 12.8 Å². The molecule has 0 bridgehead atoms. The maximum absolute atomic E-state index is 11.4. The van der Waals surface area contributed by atoms with Crippen LogP contribution in [0.25, 0.3) is 0 Å². The van der Waals surface area contributed by atoms with Crippen LogP contribution < -0.4 is 5.32 Å². The molecule has 108 valence electrons. The fourth-order valence-electron chi connectivity index (χ4n) is 2.09. The van der Waals surface area contributed by atoms with E-state index in [4.69, 9.17) is 4.42 Å². The van der Waals surface area contributed by atoms with E-state index in [2.05, 4.69) is 24.1 Å². The Bertz CT molecular complexity index is 494. The van der Waals surface area contributed by atoms with Crippen molar-refractivity contribution >= 4 is 9.84 Å². The third kappa shape index (κ3) is 4.33. The van der Waals surface area contributed by atoms with Gasteiger partial charge in [0.1, 0.15) is 5.76 Å². The van der Waals surface area contributed by atoms with Crippen LogP contribution in [-0.2, 0) is 22.9 Å². The van der Waals surface area contributed by atoms with Gasteiger partial charge in [0.2, 0.25) is 0 Å². The Morgan fingerprint density at radius 2 is 2.05 bits per heavy atom. The first-order valence-corrected chi connectivity index (χ1v) is 8.50. The van der Waals surface area contributed by atoms with Gasteiger partial charge in [-0.25, -0.2) is 8.42 Å². The number of nitrogens with zero attached hydrogens (tertiary/aromatic N) is 1. The summed E-state index contributed by atoms with van der Waals surface area (Å²) in [4.78, 5) is 2.14. The largest absolute Gasteiger partial charge is 0.468 e. The van der Waals surface area contributed by atoms with Crippen molar-refractivity contribution in [2.75, 3.05) is 24.6 Å². The Labute approximate surface area is 114 Å². The summed E-state index contributed by atoms with van der Waals surface area (Å²) in [7, 11) is -2.81. The van der Waals surface area contributed by atoms with E-state index in [1.54, 1.807) is 6.26 Å². The molecule has 6 heteroatoms.